The zero-order chi connectivity index (χ0) is 5.41. The number of thiol groups is 1. The Bertz CT molecular complexity index is 36.8. The van der Waals surface area contributed by atoms with Gasteiger partial charge in [-0.3, -0.25) is 5.41 Å². The lowest BCUT2D eigenvalue weighted by molar-refractivity contribution is 1.54. The molecular weight excluding hydrogens is 94.1 g/mol. The molecule has 0 heterocycles. The summed E-state index contributed by atoms with van der Waals surface area (Å²) >= 11 is 3.79. The van der Waals surface area contributed by atoms with Gasteiger partial charge in [0.05, 0.1) is 0 Å². The van der Waals surface area contributed by atoms with Gasteiger partial charge < -0.3 is 0 Å². The van der Waals surface area contributed by atoms with Crippen molar-refractivity contribution < 1.29 is 0 Å². The number of nitrogens with one attached hydrogen (secondary N) is 1. The van der Waals surface area contributed by atoms with Crippen LogP contribution < -0.4 is 0 Å². The molecule has 6 heavy (non-hydrogen) atoms. The second-order valence-corrected chi connectivity index (χ2v) is 1.13. The minimum Gasteiger partial charge on any atom is -0.259 e. The Balaban J connectivity index is 0. The standard InChI is InChI=1S/C2H3N.C2H6S/c2*1-2-3/h3H,1H2;3H,2H2,1H3. The molecule has 0 fully saturated rings. The quantitative estimate of drug-likeness (QED) is 0.341. The van der Waals surface area contributed by atoms with Gasteiger partial charge in [0.2, 0.25) is 0 Å². The first-order valence-electron chi connectivity index (χ1n) is 1.63. The molecule has 0 atom stereocenters. The second-order valence-electron chi connectivity index (χ2n) is 0.493. The van der Waals surface area contributed by atoms with Gasteiger partial charge in [0.25, 0.3) is 0 Å². The van der Waals surface area contributed by atoms with Gasteiger partial charge in [0, 0.05) is 0 Å². The summed E-state index contributed by atoms with van der Waals surface area (Å²) in [6, 6.07) is 0. The van der Waals surface area contributed by atoms with Gasteiger partial charge in [-0.2, -0.15) is 12.6 Å². The average molecular weight is 103 g/mol. The third kappa shape index (κ3) is 745. The maximum atomic E-state index is 5.85. The Morgan fingerprint density at radius 2 is 2.00 bits per heavy atom. The summed E-state index contributed by atoms with van der Waals surface area (Å²) in [5.74, 6) is 2.69. The van der Waals surface area contributed by atoms with Crippen molar-refractivity contribution in [3.05, 3.63) is 6.58 Å². The van der Waals surface area contributed by atoms with E-state index in [1.54, 1.807) is 5.87 Å². The third-order valence-electron chi connectivity index (χ3n) is 0. The first-order chi connectivity index (χ1) is 2.83. The molecule has 0 aromatic rings. The molecule has 0 saturated carbocycles. The summed E-state index contributed by atoms with van der Waals surface area (Å²) in [7, 11) is 0. The SMILES string of the molecule is C=C=N.CCS. The van der Waals surface area contributed by atoms with Crippen LogP contribution in [0.15, 0.2) is 6.58 Å². The highest BCUT2D eigenvalue weighted by Crippen LogP contribution is 1.58. The fraction of sp³-hybridized carbons (Fsp3) is 0.500. The van der Waals surface area contributed by atoms with Crippen LogP contribution in [-0.4, -0.2) is 11.6 Å². The van der Waals surface area contributed by atoms with Gasteiger partial charge in [0.1, 0.15) is 0 Å². The highest BCUT2D eigenvalue weighted by Gasteiger charge is 1.35. The van der Waals surface area contributed by atoms with E-state index in [1.807, 2.05) is 6.92 Å². The van der Waals surface area contributed by atoms with Gasteiger partial charge in [-0.25, -0.2) is 0 Å². The van der Waals surface area contributed by atoms with Crippen molar-refractivity contribution in [3.63, 3.8) is 0 Å². The van der Waals surface area contributed by atoms with Crippen molar-refractivity contribution in [1.82, 2.24) is 0 Å². The molecule has 1 N–H and O–H groups in total. The van der Waals surface area contributed by atoms with E-state index in [0.717, 1.165) is 5.75 Å². The van der Waals surface area contributed by atoms with Crippen molar-refractivity contribution in [3.8, 4) is 0 Å². The molecule has 0 radical (unpaired) electrons. The fourth-order valence-corrected chi connectivity index (χ4v) is 0. The highest BCUT2D eigenvalue weighted by atomic mass is 32.1. The average Bonchev–Trinajstić information content (AvgIpc) is 1.39. The van der Waals surface area contributed by atoms with Crippen LogP contribution in [-0.2, 0) is 0 Å². The van der Waals surface area contributed by atoms with E-state index in [2.05, 4.69) is 19.2 Å². The van der Waals surface area contributed by atoms with Gasteiger partial charge in [-0.05, 0) is 18.2 Å². The van der Waals surface area contributed by atoms with Crippen molar-refractivity contribution in [2.24, 2.45) is 0 Å². The van der Waals surface area contributed by atoms with Crippen LogP contribution in [0.1, 0.15) is 6.92 Å². The first kappa shape index (κ1) is 9.25. The Hall–Kier alpha value is -0.200. The molecule has 0 aliphatic heterocycles. The smallest absolute Gasteiger partial charge is 0.0126 e. The van der Waals surface area contributed by atoms with E-state index in [9.17, 15) is 0 Å². The van der Waals surface area contributed by atoms with E-state index in [-0.39, 0.29) is 0 Å². The van der Waals surface area contributed by atoms with Crippen LogP contribution in [0.2, 0.25) is 0 Å². The van der Waals surface area contributed by atoms with Crippen molar-refractivity contribution in [1.29, 1.82) is 5.41 Å². The molecule has 0 aromatic heterocycles. The van der Waals surface area contributed by atoms with E-state index < -0.39 is 0 Å². The van der Waals surface area contributed by atoms with E-state index in [1.165, 1.54) is 0 Å². The first-order valence-corrected chi connectivity index (χ1v) is 2.26. The molecule has 0 saturated heterocycles. The number of hydrogen-bond acceptors (Lipinski definition) is 2. The van der Waals surface area contributed by atoms with Crippen molar-refractivity contribution in [2.75, 3.05) is 5.75 Å². The summed E-state index contributed by atoms with van der Waals surface area (Å²) in [4.78, 5) is 0. The molecule has 0 aliphatic carbocycles. The molecular formula is C4H9NS. The maximum absolute atomic E-state index is 5.85. The summed E-state index contributed by atoms with van der Waals surface area (Å²) in [6.45, 7) is 4.89. The molecule has 1 nitrogen and oxygen atoms in total. The van der Waals surface area contributed by atoms with Crippen LogP contribution in [0.4, 0.5) is 0 Å². The van der Waals surface area contributed by atoms with Crippen molar-refractivity contribution >= 4 is 18.5 Å². The summed E-state index contributed by atoms with van der Waals surface area (Å²) in [5.41, 5.74) is 0. The molecule has 0 bridgehead atoms. The van der Waals surface area contributed by atoms with Gasteiger partial charge >= 0.3 is 0 Å². The lowest BCUT2D eigenvalue weighted by atomic mass is 11.0. The topological polar surface area (TPSA) is 23.9 Å². The second kappa shape index (κ2) is 21.4. The Morgan fingerprint density at radius 1 is 2.00 bits per heavy atom. The normalized spacial score (nSPS) is 4.33. The van der Waals surface area contributed by atoms with Crippen molar-refractivity contribution in [2.45, 2.75) is 6.92 Å². The van der Waals surface area contributed by atoms with Crippen LogP contribution in [0, 0.1) is 5.41 Å². The molecule has 0 aromatic carbocycles. The zero-order valence-electron chi connectivity index (χ0n) is 3.86. The predicted molar refractivity (Wildman–Crippen MR) is 32.9 cm³/mol. The Kier molecular flexibility index (Phi) is 33.0. The zero-order valence-corrected chi connectivity index (χ0v) is 4.76. The minimum atomic E-state index is 0.944. The Morgan fingerprint density at radius 3 is 2.00 bits per heavy atom. The highest BCUT2D eigenvalue weighted by molar-refractivity contribution is 7.80. The molecule has 2 heteroatoms. The van der Waals surface area contributed by atoms with Crippen LogP contribution in [0.25, 0.3) is 0 Å². The lowest BCUT2D eigenvalue weighted by Gasteiger charge is -1.48. The maximum Gasteiger partial charge on any atom is -0.0126 e. The lowest BCUT2D eigenvalue weighted by Crippen LogP contribution is -1.36. The molecule has 36 valence electrons. The third-order valence-corrected chi connectivity index (χ3v) is 0. The largest absolute Gasteiger partial charge is 0.259 e. The van der Waals surface area contributed by atoms with Gasteiger partial charge in [-0.15, -0.1) is 0 Å². The summed E-state index contributed by atoms with van der Waals surface area (Å²) < 4.78 is 0. The predicted octanol–water partition coefficient (Wildman–Crippen LogP) is 1.36. The molecule has 0 aliphatic rings. The minimum absolute atomic E-state index is 0.944. The van der Waals surface area contributed by atoms with E-state index in [4.69, 9.17) is 5.41 Å². The molecule has 0 unspecified atom stereocenters. The number of rotatable bonds is 0. The Labute approximate surface area is 44.0 Å². The number of hydrogen-bond donors (Lipinski definition) is 2. The van der Waals surface area contributed by atoms with Gasteiger partial charge in [0.15, 0.2) is 0 Å². The fourth-order valence-electron chi connectivity index (χ4n) is 0. The summed E-state index contributed by atoms with van der Waals surface area (Å²) in [6.07, 6.45) is 0. The molecule has 0 amide bonds. The van der Waals surface area contributed by atoms with Gasteiger partial charge in [-0.1, -0.05) is 6.92 Å². The van der Waals surface area contributed by atoms with E-state index >= 15 is 0 Å². The molecule has 0 rings (SSSR count). The monoisotopic (exact) mass is 103 g/mol. The van der Waals surface area contributed by atoms with Crippen LogP contribution in [0.3, 0.4) is 0 Å². The van der Waals surface area contributed by atoms with E-state index in [0.29, 0.717) is 0 Å². The molecule has 0 spiro atoms. The summed E-state index contributed by atoms with van der Waals surface area (Å²) in [5, 5.41) is 5.85. The van der Waals surface area contributed by atoms with Crippen LogP contribution >= 0.6 is 12.6 Å². The van der Waals surface area contributed by atoms with Crippen LogP contribution in [0.5, 0.6) is 0 Å².